The largest absolute Gasteiger partial charge is 0.361 e. The standard InChI is InChI=1S/C15H19N3O/c1-2-7-17-15(19)9-11-3-4-14-13(8-11)12(5-6-16)10-18-14/h2-4,8,10,18H,1,5-7,9,16H2,(H,17,19). The highest BCUT2D eigenvalue weighted by Crippen LogP contribution is 2.20. The number of hydrogen-bond acceptors (Lipinski definition) is 2. The summed E-state index contributed by atoms with van der Waals surface area (Å²) in [5.41, 5.74) is 8.89. The Kier molecular flexibility index (Phi) is 4.36. The summed E-state index contributed by atoms with van der Waals surface area (Å²) in [6.07, 6.45) is 4.88. The number of carbonyl (C=O) groups is 1. The second-order valence-electron chi connectivity index (χ2n) is 4.50. The van der Waals surface area contributed by atoms with Gasteiger partial charge in [-0.3, -0.25) is 4.79 Å². The Morgan fingerprint density at radius 2 is 2.32 bits per heavy atom. The summed E-state index contributed by atoms with van der Waals surface area (Å²) in [5, 5.41) is 3.93. The number of carbonyl (C=O) groups excluding carboxylic acids is 1. The van der Waals surface area contributed by atoms with Gasteiger partial charge in [-0.25, -0.2) is 0 Å². The number of aromatic nitrogens is 1. The highest BCUT2D eigenvalue weighted by atomic mass is 16.1. The van der Waals surface area contributed by atoms with E-state index in [9.17, 15) is 4.79 Å². The van der Waals surface area contributed by atoms with E-state index in [0.717, 1.165) is 22.9 Å². The molecule has 0 atom stereocenters. The van der Waals surface area contributed by atoms with Crippen molar-refractivity contribution >= 4 is 16.8 Å². The number of amides is 1. The van der Waals surface area contributed by atoms with Crippen LogP contribution in [0.25, 0.3) is 10.9 Å². The van der Waals surface area contributed by atoms with Gasteiger partial charge in [0.05, 0.1) is 6.42 Å². The number of aromatic amines is 1. The predicted molar refractivity (Wildman–Crippen MR) is 78.0 cm³/mol. The zero-order valence-corrected chi connectivity index (χ0v) is 10.9. The molecular formula is C15H19N3O. The Morgan fingerprint density at radius 3 is 3.05 bits per heavy atom. The van der Waals surface area contributed by atoms with Crippen LogP contribution in [0.4, 0.5) is 0 Å². The summed E-state index contributed by atoms with van der Waals surface area (Å²) in [5.74, 6) is 0.00941. The topological polar surface area (TPSA) is 70.9 Å². The molecule has 19 heavy (non-hydrogen) atoms. The predicted octanol–water partition coefficient (Wildman–Crippen LogP) is 1.51. The van der Waals surface area contributed by atoms with Crippen molar-refractivity contribution in [2.45, 2.75) is 12.8 Å². The van der Waals surface area contributed by atoms with Gasteiger partial charge in [-0.1, -0.05) is 12.1 Å². The zero-order chi connectivity index (χ0) is 13.7. The number of nitrogens with one attached hydrogen (secondary N) is 2. The summed E-state index contributed by atoms with van der Waals surface area (Å²) >= 11 is 0. The van der Waals surface area contributed by atoms with Crippen molar-refractivity contribution in [3.63, 3.8) is 0 Å². The van der Waals surface area contributed by atoms with E-state index in [1.165, 1.54) is 5.56 Å². The maximum absolute atomic E-state index is 11.7. The molecule has 0 radical (unpaired) electrons. The minimum atomic E-state index is 0.00941. The van der Waals surface area contributed by atoms with E-state index in [4.69, 9.17) is 5.73 Å². The van der Waals surface area contributed by atoms with Crippen LogP contribution in [0.2, 0.25) is 0 Å². The van der Waals surface area contributed by atoms with E-state index in [1.54, 1.807) is 6.08 Å². The lowest BCUT2D eigenvalue weighted by Crippen LogP contribution is -2.24. The molecule has 2 rings (SSSR count). The van der Waals surface area contributed by atoms with Gasteiger partial charge in [0.1, 0.15) is 0 Å². The van der Waals surface area contributed by atoms with E-state index < -0.39 is 0 Å². The quantitative estimate of drug-likeness (QED) is 0.686. The maximum Gasteiger partial charge on any atom is 0.224 e. The minimum Gasteiger partial charge on any atom is -0.361 e. The van der Waals surface area contributed by atoms with Crippen LogP contribution in [-0.4, -0.2) is 24.0 Å². The number of hydrogen-bond donors (Lipinski definition) is 3. The minimum absolute atomic E-state index is 0.00941. The highest BCUT2D eigenvalue weighted by Gasteiger charge is 2.06. The first-order chi connectivity index (χ1) is 9.24. The van der Waals surface area contributed by atoms with Gasteiger partial charge in [-0.15, -0.1) is 6.58 Å². The summed E-state index contributed by atoms with van der Waals surface area (Å²) in [4.78, 5) is 14.9. The van der Waals surface area contributed by atoms with Gasteiger partial charge in [0.15, 0.2) is 0 Å². The van der Waals surface area contributed by atoms with E-state index in [0.29, 0.717) is 19.5 Å². The molecule has 0 saturated heterocycles. The van der Waals surface area contributed by atoms with Crippen LogP contribution in [0, 0.1) is 0 Å². The van der Waals surface area contributed by atoms with Crippen molar-refractivity contribution in [2.24, 2.45) is 5.73 Å². The highest BCUT2D eigenvalue weighted by molar-refractivity contribution is 5.86. The average molecular weight is 257 g/mol. The van der Waals surface area contributed by atoms with E-state index in [-0.39, 0.29) is 5.91 Å². The molecule has 4 nitrogen and oxygen atoms in total. The van der Waals surface area contributed by atoms with Gasteiger partial charge in [0.25, 0.3) is 0 Å². The molecule has 0 aliphatic heterocycles. The summed E-state index contributed by atoms with van der Waals surface area (Å²) in [7, 11) is 0. The fraction of sp³-hybridized carbons (Fsp3) is 0.267. The van der Waals surface area contributed by atoms with Crippen molar-refractivity contribution in [2.75, 3.05) is 13.1 Å². The van der Waals surface area contributed by atoms with Crippen molar-refractivity contribution in [1.82, 2.24) is 10.3 Å². The fourth-order valence-electron chi connectivity index (χ4n) is 2.13. The Balaban J connectivity index is 2.17. The molecule has 0 spiro atoms. The monoisotopic (exact) mass is 257 g/mol. The number of H-pyrrole nitrogens is 1. The second-order valence-corrected chi connectivity index (χ2v) is 4.50. The van der Waals surface area contributed by atoms with Gasteiger partial charge in [0.2, 0.25) is 5.91 Å². The molecule has 4 heteroatoms. The molecule has 0 aliphatic carbocycles. The van der Waals surface area contributed by atoms with E-state index in [2.05, 4.69) is 22.9 Å². The smallest absolute Gasteiger partial charge is 0.224 e. The van der Waals surface area contributed by atoms with Crippen molar-refractivity contribution < 1.29 is 4.79 Å². The van der Waals surface area contributed by atoms with Crippen molar-refractivity contribution in [3.05, 3.63) is 48.2 Å². The molecule has 0 saturated carbocycles. The third kappa shape index (κ3) is 3.23. The van der Waals surface area contributed by atoms with Crippen LogP contribution in [-0.2, 0) is 17.6 Å². The summed E-state index contributed by atoms with van der Waals surface area (Å²) < 4.78 is 0. The van der Waals surface area contributed by atoms with Gasteiger partial charge >= 0.3 is 0 Å². The molecule has 0 bridgehead atoms. The van der Waals surface area contributed by atoms with Crippen molar-refractivity contribution in [3.8, 4) is 0 Å². The first-order valence-corrected chi connectivity index (χ1v) is 6.41. The zero-order valence-electron chi connectivity index (χ0n) is 10.9. The van der Waals surface area contributed by atoms with Gasteiger partial charge < -0.3 is 16.0 Å². The van der Waals surface area contributed by atoms with Gasteiger partial charge in [-0.05, 0) is 36.2 Å². The normalized spacial score (nSPS) is 10.6. The molecule has 0 unspecified atom stereocenters. The van der Waals surface area contributed by atoms with E-state index in [1.807, 2.05) is 18.3 Å². The van der Waals surface area contributed by atoms with Crippen LogP contribution in [0.15, 0.2) is 37.1 Å². The third-order valence-electron chi connectivity index (χ3n) is 3.05. The van der Waals surface area contributed by atoms with Gasteiger partial charge in [-0.2, -0.15) is 0 Å². The molecule has 1 aromatic carbocycles. The lowest BCUT2D eigenvalue weighted by Gasteiger charge is -2.04. The molecular weight excluding hydrogens is 238 g/mol. The molecule has 100 valence electrons. The number of nitrogens with two attached hydrogens (primary N) is 1. The summed E-state index contributed by atoms with van der Waals surface area (Å²) in [6, 6.07) is 6.04. The Labute approximate surface area is 112 Å². The molecule has 0 aliphatic rings. The molecule has 1 amide bonds. The lowest BCUT2D eigenvalue weighted by atomic mass is 10.1. The second kappa shape index (κ2) is 6.20. The SMILES string of the molecule is C=CCNC(=O)Cc1ccc2[nH]cc(CCN)c2c1. The molecule has 1 aromatic heterocycles. The van der Waals surface area contributed by atoms with Gasteiger partial charge in [0, 0.05) is 23.6 Å². The third-order valence-corrected chi connectivity index (χ3v) is 3.05. The Bertz CT molecular complexity index is 586. The Hall–Kier alpha value is -2.07. The maximum atomic E-state index is 11.7. The van der Waals surface area contributed by atoms with E-state index >= 15 is 0 Å². The molecule has 4 N–H and O–H groups in total. The average Bonchev–Trinajstić information content (AvgIpc) is 2.80. The first-order valence-electron chi connectivity index (χ1n) is 6.41. The number of rotatable bonds is 6. The molecule has 0 fully saturated rings. The fourth-order valence-corrected chi connectivity index (χ4v) is 2.13. The van der Waals surface area contributed by atoms with Crippen LogP contribution in [0.1, 0.15) is 11.1 Å². The molecule has 2 aromatic rings. The van der Waals surface area contributed by atoms with Crippen LogP contribution >= 0.6 is 0 Å². The Morgan fingerprint density at radius 1 is 1.47 bits per heavy atom. The molecule has 1 heterocycles. The first kappa shape index (κ1) is 13.4. The van der Waals surface area contributed by atoms with Crippen LogP contribution in [0.5, 0.6) is 0 Å². The summed E-state index contributed by atoms with van der Waals surface area (Å²) in [6.45, 7) is 4.70. The van der Waals surface area contributed by atoms with Crippen molar-refractivity contribution in [1.29, 1.82) is 0 Å². The number of benzene rings is 1. The lowest BCUT2D eigenvalue weighted by molar-refractivity contribution is -0.120. The number of fused-ring (bicyclic) bond motifs is 1. The van der Waals surface area contributed by atoms with Crippen LogP contribution < -0.4 is 11.1 Å². The van der Waals surface area contributed by atoms with Crippen LogP contribution in [0.3, 0.4) is 0 Å².